The highest BCUT2D eigenvalue weighted by molar-refractivity contribution is 8.00. The number of carbonyl (C=O) groups excluding carboxylic acids is 1. The molecule has 4 nitrogen and oxygen atoms in total. The summed E-state index contributed by atoms with van der Waals surface area (Å²) < 4.78 is 2.10. The minimum atomic E-state index is -0.273. The van der Waals surface area contributed by atoms with Crippen molar-refractivity contribution in [3.63, 3.8) is 0 Å². The van der Waals surface area contributed by atoms with Crippen molar-refractivity contribution in [3.8, 4) is 0 Å². The molecule has 140 valence electrons. The Balaban J connectivity index is 1.82. The molecule has 1 unspecified atom stereocenters. The molecule has 1 amide bonds. The number of amides is 1. The number of rotatable bonds is 6. The van der Waals surface area contributed by atoms with Crippen LogP contribution in [0.2, 0.25) is 0 Å². The predicted octanol–water partition coefficient (Wildman–Crippen LogP) is 5.27. The maximum Gasteiger partial charge on any atom is 0.237 e. The van der Waals surface area contributed by atoms with Gasteiger partial charge >= 0.3 is 0 Å². The van der Waals surface area contributed by atoms with Crippen molar-refractivity contribution >= 4 is 34.4 Å². The van der Waals surface area contributed by atoms with Gasteiger partial charge in [-0.1, -0.05) is 47.7 Å². The zero-order chi connectivity index (χ0) is 19.6. The third kappa shape index (κ3) is 4.08. The van der Waals surface area contributed by atoms with Gasteiger partial charge in [-0.15, -0.1) is 6.58 Å². The van der Waals surface area contributed by atoms with Crippen LogP contribution in [0, 0.1) is 20.8 Å². The molecule has 5 heteroatoms. The molecule has 1 atom stereocenters. The molecule has 1 N–H and O–H groups in total. The number of anilines is 1. The van der Waals surface area contributed by atoms with Crippen LogP contribution >= 0.6 is 11.8 Å². The average Bonchev–Trinajstić information content (AvgIpc) is 2.95. The molecule has 0 saturated carbocycles. The quantitative estimate of drug-likeness (QED) is 0.469. The largest absolute Gasteiger partial charge is 0.325 e. The molecule has 1 aromatic heterocycles. The van der Waals surface area contributed by atoms with E-state index in [4.69, 9.17) is 4.98 Å². The first-order valence-electron chi connectivity index (χ1n) is 9.02. The lowest BCUT2D eigenvalue weighted by Gasteiger charge is -2.16. The van der Waals surface area contributed by atoms with Gasteiger partial charge in [0.15, 0.2) is 5.16 Å². The highest BCUT2D eigenvalue weighted by Crippen LogP contribution is 2.29. The van der Waals surface area contributed by atoms with Gasteiger partial charge in [-0.05, 0) is 51.0 Å². The van der Waals surface area contributed by atoms with Gasteiger partial charge in [0.05, 0.1) is 16.3 Å². The first-order chi connectivity index (χ1) is 12.9. The Morgan fingerprint density at radius 2 is 1.93 bits per heavy atom. The van der Waals surface area contributed by atoms with E-state index in [1.165, 1.54) is 17.3 Å². The van der Waals surface area contributed by atoms with Crippen LogP contribution in [0.15, 0.2) is 54.2 Å². The van der Waals surface area contributed by atoms with Crippen LogP contribution < -0.4 is 5.32 Å². The third-order valence-corrected chi connectivity index (χ3v) is 5.60. The van der Waals surface area contributed by atoms with E-state index in [1.807, 2.05) is 51.1 Å². The van der Waals surface area contributed by atoms with Crippen molar-refractivity contribution in [2.75, 3.05) is 5.32 Å². The van der Waals surface area contributed by atoms with Gasteiger partial charge < -0.3 is 9.88 Å². The zero-order valence-electron chi connectivity index (χ0n) is 16.2. The number of allylic oxidation sites excluding steroid dienone is 1. The number of nitrogens with one attached hydrogen (secondary N) is 1. The van der Waals surface area contributed by atoms with E-state index in [1.54, 1.807) is 0 Å². The van der Waals surface area contributed by atoms with Gasteiger partial charge in [-0.2, -0.15) is 0 Å². The van der Waals surface area contributed by atoms with Gasteiger partial charge in [0.25, 0.3) is 0 Å². The highest BCUT2D eigenvalue weighted by Gasteiger charge is 2.20. The number of nitrogens with zero attached hydrogens (tertiary/aromatic N) is 2. The van der Waals surface area contributed by atoms with Crippen LogP contribution in [0.4, 0.5) is 5.69 Å². The average molecular weight is 380 g/mol. The number of aryl methyl sites for hydroxylation is 3. The lowest BCUT2D eigenvalue weighted by atomic mass is 10.1. The highest BCUT2D eigenvalue weighted by atomic mass is 32.2. The Labute approximate surface area is 164 Å². The number of benzene rings is 2. The molecule has 0 bridgehead atoms. The Morgan fingerprint density at radius 3 is 2.59 bits per heavy atom. The van der Waals surface area contributed by atoms with Crippen LogP contribution in [-0.4, -0.2) is 20.7 Å². The van der Waals surface area contributed by atoms with Gasteiger partial charge in [0.1, 0.15) is 0 Å². The molecule has 2 aromatic carbocycles. The summed E-state index contributed by atoms with van der Waals surface area (Å²) in [5.41, 5.74) is 6.24. The SMILES string of the molecule is C=CCn1c(SC(C)C(=O)Nc2c(C)cc(C)cc2C)nc2ccccc21. The van der Waals surface area contributed by atoms with E-state index in [0.717, 1.165) is 33.0 Å². The summed E-state index contributed by atoms with van der Waals surface area (Å²) in [5, 5.41) is 3.65. The maximum absolute atomic E-state index is 12.8. The van der Waals surface area contributed by atoms with Crippen molar-refractivity contribution in [2.45, 2.75) is 44.6 Å². The molecule has 1 heterocycles. The van der Waals surface area contributed by atoms with Crippen molar-refractivity contribution in [1.29, 1.82) is 0 Å². The molecule has 0 aliphatic heterocycles. The number of fused-ring (bicyclic) bond motifs is 1. The lowest BCUT2D eigenvalue weighted by Crippen LogP contribution is -2.24. The number of hydrogen-bond acceptors (Lipinski definition) is 3. The smallest absolute Gasteiger partial charge is 0.237 e. The van der Waals surface area contributed by atoms with Crippen LogP contribution in [0.25, 0.3) is 11.0 Å². The molecule has 0 aliphatic rings. The van der Waals surface area contributed by atoms with Gasteiger partial charge in [0, 0.05) is 12.2 Å². The van der Waals surface area contributed by atoms with Crippen LogP contribution in [0.1, 0.15) is 23.6 Å². The fourth-order valence-electron chi connectivity index (χ4n) is 3.26. The lowest BCUT2D eigenvalue weighted by molar-refractivity contribution is -0.115. The molecular weight excluding hydrogens is 354 g/mol. The van der Waals surface area contributed by atoms with Gasteiger partial charge in [-0.25, -0.2) is 4.98 Å². The second-order valence-corrected chi connectivity index (χ2v) is 8.11. The van der Waals surface area contributed by atoms with E-state index >= 15 is 0 Å². The topological polar surface area (TPSA) is 46.9 Å². The summed E-state index contributed by atoms with van der Waals surface area (Å²) in [6.45, 7) is 12.5. The van der Waals surface area contributed by atoms with Crippen molar-refractivity contribution in [2.24, 2.45) is 0 Å². The van der Waals surface area contributed by atoms with Crippen molar-refractivity contribution < 1.29 is 4.79 Å². The van der Waals surface area contributed by atoms with Gasteiger partial charge in [-0.3, -0.25) is 4.79 Å². The van der Waals surface area contributed by atoms with Crippen LogP contribution in [-0.2, 0) is 11.3 Å². The number of imidazole rings is 1. The van der Waals surface area contributed by atoms with Crippen molar-refractivity contribution in [3.05, 3.63) is 65.7 Å². The number of para-hydroxylation sites is 2. The first kappa shape index (κ1) is 19.2. The monoisotopic (exact) mass is 379 g/mol. The standard InChI is InChI=1S/C22H25N3OS/c1-6-11-25-19-10-8-7-9-18(19)23-22(25)27-17(5)21(26)24-20-15(3)12-14(2)13-16(20)4/h6-10,12-13,17H,1,11H2,2-5H3,(H,24,26). The second-order valence-electron chi connectivity index (χ2n) is 6.81. The minimum absolute atomic E-state index is 0.0211. The summed E-state index contributed by atoms with van der Waals surface area (Å²) in [6, 6.07) is 12.2. The van der Waals surface area contributed by atoms with Crippen LogP contribution in [0.3, 0.4) is 0 Å². The molecule has 3 aromatic rings. The molecular formula is C22H25N3OS. The number of aromatic nitrogens is 2. The third-order valence-electron chi connectivity index (χ3n) is 4.51. The Bertz CT molecular complexity index is 983. The molecule has 27 heavy (non-hydrogen) atoms. The fourth-order valence-corrected chi connectivity index (χ4v) is 4.20. The molecule has 0 radical (unpaired) electrons. The maximum atomic E-state index is 12.8. The van der Waals surface area contributed by atoms with E-state index < -0.39 is 0 Å². The number of carbonyl (C=O) groups is 1. The molecule has 0 fully saturated rings. The summed E-state index contributed by atoms with van der Waals surface area (Å²) in [6.07, 6.45) is 1.85. The minimum Gasteiger partial charge on any atom is -0.325 e. The van der Waals surface area contributed by atoms with E-state index in [-0.39, 0.29) is 11.2 Å². The Kier molecular flexibility index (Phi) is 5.71. The zero-order valence-corrected chi connectivity index (χ0v) is 17.1. The normalized spacial score (nSPS) is 12.1. The first-order valence-corrected chi connectivity index (χ1v) is 9.90. The van der Waals surface area contributed by atoms with E-state index in [0.29, 0.717) is 6.54 Å². The molecule has 3 rings (SSSR count). The van der Waals surface area contributed by atoms with Gasteiger partial charge in [0.2, 0.25) is 5.91 Å². The van der Waals surface area contributed by atoms with E-state index in [9.17, 15) is 4.79 Å². The molecule has 0 spiro atoms. The van der Waals surface area contributed by atoms with Crippen molar-refractivity contribution in [1.82, 2.24) is 9.55 Å². The number of thioether (sulfide) groups is 1. The number of hydrogen-bond donors (Lipinski definition) is 1. The Hall–Kier alpha value is -2.53. The summed E-state index contributed by atoms with van der Waals surface area (Å²) in [4.78, 5) is 17.5. The fraction of sp³-hybridized carbons (Fsp3) is 0.273. The Morgan fingerprint density at radius 1 is 1.26 bits per heavy atom. The molecule has 0 aliphatic carbocycles. The van der Waals surface area contributed by atoms with Crippen LogP contribution in [0.5, 0.6) is 0 Å². The second kappa shape index (κ2) is 8.01. The summed E-state index contributed by atoms with van der Waals surface area (Å²) in [5.74, 6) is -0.0211. The van der Waals surface area contributed by atoms with E-state index in [2.05, 4.69) is 35.5 Å². The molecule has 0 saturated heterocycles. The summed E-state index contributed by atoms with van der Waals surface area (Å²) >= 11 is 1.47. The summed E-state index contributed by atoms with van der Waals surface area (Å²) in [7, 11) is 0. The predicted molar refractivity (Wildman–Crippen MR) is 115 cm³/mol.